The van der Waals surface area contributed by atoms with Gasteiger partial charge in [-0.05, 0) is 106 Å². The molecule has 3 aliphatic heterocycles. The Morgan fingerprint density at radius 2 is 1.62 bits per heavy atom. The molecule has 2 N–H and O–H groups in total. The molecular formula is C43H52N2O11. The van der Waals surface area contributed by atoms with Crippen LogP contribution in [0.15, 0.2) is 39.6 Å². The van der Waals surface area contributed by atoms with Gasteiger partial charge in [0.05, 0.1) is 52.6 Å². The number of aromatic hydroxyl groups is 1. The van der Waals surface area contributed by atoms with Crippen molar-refractivity contribution in [3.63, 3.8) is 0 Å². The van der Waals surface area contributed by atoms with E-state index in [0.717, 1.165) is 0 Å². The van der Waals surface area contributed by atoms with Crippen molar-refractivity contribution in [3.8, 4) is 5.75 Å². The second kappa shape index (κ2) is 14.0. The summed E-state index contributed by atoms with van der Waals surface area (Å²) in [6.07, 6.45) is -0.535. The number of hydrogen-bond donors (Lipinski definition) is 2. The first kappa shape index (κ1) is 40.0. The standard InChI is InChI=1S/C43H52N2O11/c1-12-13-30-43(7,56-30)31-17-27(47)32-19(2)14-25-34(40(32)55-31)39(51)35-33(38(25)50)23(28-16-26(44(8)9)36(48)20(3)52-28)15-24(37(35)49)29-18-42(6,45(10)11)41(21(4)53-29)54-22(5)46/h12-15,17,20-21,26,28-30,36,41,48-49H,16,18H2,1-11H3/b13-12+/t20-,21+,26+,28-,29-,30?,36-,41-,42+,43?/m1/s1. The fourth-order valence-electron chi connectivity index (χ4n) is 9.12. The Balaban J connectivity index is 1.47. The average molecular weight is 773 g/mol. The Labute approximate surface area is 326 Å². The first-order valence-corrected chi connectivity index (χ1v) is 19.2. The van der Waals surface area contributed by atoms with E-state index in [0.29, 0.717) is 11.1 Å². The summed E-state index contributed by atoms with van der Waals surface area (Å²) < 4.78 is 31.1. The van der Waals surface area contributed by atoms with Crippen molar-refractivity contribution in [2.45, 2.75) is 121 Å². The molecule has 0 saturated carbocycles. The third-order valence-electron chi connectivity index (χ3n) is 12.6. The summed E-state index contributed by atoms with van der Waals surface area (Å²) in [5.41, 5.74) is -1.48. The molecule has 4 heterocycles. The zero-order valence-corrected chi connectivity index (χ0v) is 33.9. The van der Waals surface area contributed by atoms with Crippen molar-refractivity contribution in [1.29, 1.82) is 0 Å². The number of epoxide rings is 1. The van der Waals surface area contributed by atoms with Crippen molar-refractivity contribution in [1.82, 2.24) is 9.80 Å². The molecule has 300 valence electrons. The van der Waals surface area contributed by atoms with Crippen LogP contribution in [-0.2, 0) is 29.3 Å². The van der Waals surface area contributed by atoms with Crippen molar-refractivity contribution < 1.29 is 48.0 Å². The number of carbonyl (C=O) groups is 3. The van der Waals surface area contributed by atoms with Crippen LogP contribution in [0.2, 0.25) is 0 Å². The molecule has 3 fully saturated rings. The molecule has 7 rings (SSSR count). The molecule has 13 nitrogen and oxygen atoms in total. The quantitative estimate of drug-likeness (QED) is 0.146. The van der Waals surface area contributed by atoms with Crippen molar-refractivity contribution >= 4 is 28.5 Å². The van der Waals surface area contributed by atoms with Gasteiger partial charge in [-0.3, -0.25) is 19.2 Å². The van der Waals surface area contributed by atoms with E-state index < -0.39 is 76.5 Å². The smallest absolute Gasteiger partial charge is 0.303 e. The number of ketones is 2. The highest BCUT2D eigenvalue weighted by Crippen LogP contribution is 2.51. The number of fused-ring (bicyclic) bond motifs is 4. The maximum atomic E-state index is 15.2. The largest absolute Gasteiger partial charge is 0.507 e. The maximum Gasteiger partial charge on any atom is 0.303 e. The van der Waals surface area contributed by atoms with Crippen LogP contribution in [-0.4, -0.2) is 108 Å². The van der Waals surface area contributed by atoms with Gasteiger partial charge in [-0.15, -0.1) is 0 Å². The van der Waals surface area contributed by atoms with E-state index in [4.69, 9.17) is 23.4 Å². The minimum absolute atomic E-state index is 0.0187. The number of ether oxygens (including phenoxy) is 4. The van der Waals surface area contributed by atoms with Crippen LogP contribution >= 0.6 is 0 Å². The average Bonchev–Trinajstić information content (AvgIpc) is 3.78. The van der Waals surface area contributed by atoms with Gasteiger partial charge in [0.1, 0.15) is 29.3 Å². The monoisotopic (exact) mass is 772 g/mol. The summed E-state index contributed by atoms with van der Waals surface area (Å²) in [7, 11) is 7.45. The number of carbonyl (C=O) groups excluding carboxylic acids is 3. The number of phenolic OH excluding ortho intramolecular Hbond substituents is 1. The molecule has 2 aromatic carbocycles. The van der Waals surface area contributed by atoms with Crippen LogP contribution in [0.4, 0.5) is 0 Å². The number of nitrogens with zero attached hydrogens (tertiary/aromatic N) is 2. The van der Waals surface area contributed by atoms with Gasteiger partial charge in [-0.25, -0.2) is 0 Å². The molecule has 0 bridgehead atoms. The van der Waals surface area contributed by atoms with Crippen LogP contribution in [0.25, 0.3) is 11.0 Å². The Kier molecular flexibility index (Phi) is 9.99. The van der Waals surface area contributed by atoms with Crippen LogP contribution in [0, 0.1) is 6.92 Å². The molecule has 0 radical (unpaired) electrons. The summed E-state index contributed by atoms with van der Waals surface area (Å²) >= 11 is 0. The van der Waals surface area contributed by atoms with Crippen LogP contribution in [0.5, 0.6) is 5.75 Å². The minimum atomic E-state index is -0.959. The molecule has 3 saturated heterocycles. The molecule has 13 heteroatoms. The van der Waals surface area contributed by atoms with Gasteiger partial charge in [0.15, 0.2) is 16.8 Å². The summed E-state index contributed by atoms with van der Waals surface area (Å²) in [5, 5.41) is 23.6. The van der Waals surface area contributed by atoms with Crippen molar-refractivity contribution in [2.75, 3.05) is 28.2 Å². The lowest BCUT2D eigenvalue weighted by Gasteiger charge is -2.50. The Morgan fingerprint density at radius 3 is 2.25 bits per heavy atom. The van der Waals surface area contributed by atoms with Gasteiger partial charge in [0.2, 0.25) is 5.78 Å². The number of likely N-dealkylation sites (N-methyl/N-ethyl adjacent to an activating group) is 2. The zero-order valence-electron chi connectivity index (χ0n) is 33.9. The predicted octanol–water partition coefficient (Wildman–Crippen LogP) is 5.02. The lowest BCUT2D eigenvalue weighted by molar-refractivity contribution is -0.201. The minimum Gasteiger partial charge on any atom is -0.507 e. The van der Waals surface area contributed by atoms with Gasteiger partial charge < -0.3 is 43.4 Å². The lowest BCUT2D eigenvalue weighted by Crippen LogP contribution is -2.61. The molecule has 1 aromatic heterocycles. The van der Waals surface area contributed by atoms with Crippen molar-refractivity contribution in [3.05, 3.63) is 85.3 Å². The number of hydrogen-bond acceptors (Lipinski definition) is 13. The van der Waals surface area contributed by atoms with E-state index in [-0.39, 0.29) is 69.5 Å². The van der Waals surface area contributed by atoms with Gasteiger partial charge in [0, 0.05) is 35.7 Å². The molecule has 2 unspecified atom stereocenters. The van der Waals surface area contributed by atoms with E-state index in [9.17, 15) is 19.8 Å². The van der Waals surface area contributed by atoms with Crippen LogP contribution < -0.4 is 5.43 Å². The van der Waals surface area contributed by atoms with E-state index in [2.05, 4.69) is 0 Å². The first-order chi connectivity index (χ1) is 26.2. The van der Waals surface area contributed by atoms with E-state index in [1.807, 2.05) is 64.0 Å². The van der Waals surface area contributed by atoms with E-state index in [1.165, 1.54) is 19.1 Å². The molecule has 3 aromatic rings. The Hall–Kier alpha value is -4.24. The van der Waals surface area contributed by atoms with Gasteiger partial charge in [-0.2, -0.15) is 0 Å². The highest BCUT2D eigenvalue weighted by Gasteiger charge is 2.55. The van der Waals surface area contributed by atoms with Gasteiger partial charge >= 0.3 is 5.97 Å². The maximum absolute atomic E-state index is 15.2. The topological polar surface area (TPSA) is 169 Å². The number of rotatable bonds is 7. The van der Waals surface area contributed by atoms with Crippen LogP contribution in [0.3, 0.4) is 0 Å². The Morgan fingerprint density at radius 1 is 0.946 bits per heavy atom. The Bertz CT molecular complexity index is 2240. The molecule has 0 amide bonds. The third kappa shape index (κ3) is 6.14. The molecular weight excluding hydrogens is 720 g/mol. The number of allylic oxidation sites excluding steroid dienone is 1. The summed E-state index contributed by atoms with van der Waals surface area (Å²) in [5.74, 6) is -1.93. The first-order valence-electron chi connectivity index (χ1n) is 19.2. The van der Waals surface area contributed by atoms with Gasteiger partial charge in [-0.1, -0.05) is 12.2 Å². The number of aliphatic hydroxyl groups is 1. The SMILES string of the molecule is C/C=C/C1OC1(C)c1cc(=O)c2c(C)cc3c(c2o1)C(=O)c1c(O)c([C@H]2C[C@](C)(N(C)C)[C@H](OC(C)=O)[C@H](C)O2)cc([C@H]2C[C@H](N(C)C)[C@H](O)[C@@H](C)O2)c1C3=O. The summed E-state index contributed by atoms with van der Waals surface area (Å²) in [6, 6.07) is 4.22. The summed E-state index contributed by atoms with van der Waals surface area (Å²) in [6.45, 7) is 12.2. The van der Waals surface area contributed by atoms with Crippen molar-refractivity contribution in [2.24, 2.45) is 0 Å². The fourth-order valence-corrected chi connectivity index (χ4v) is 9.12. The highest BCUT2D eigenvalue weighted by atomic mass is 16.6. The molecule has 4 aliphatic rings. The second-order valence-corrected chi connectivity index (χ2v) is 16.7. The number of phenols is 1. The number of esters is 1. The number of aryl methyl sites for hydroxylation is 1. The van der Waals surface area contributed by atoms with E-state index in [1.54, 1.807) is 33.8 Å². The molecule has 56 heavy (non-hydrogen) atoms. The molecule has 0 spiro atoms. The molecule has 1 aliphatic carbocycles. The summed E-state index contributed by atoms with van der Waals surface area (Å²) in [4.78, 5) is 60.0. The zero-order chi connectivity index (χ0) is 40.9. The lowest BCUT2D eigenvalue weighted by atomic mass is 9.74. The number of aliphatic hydroxyl groups excluding tert-OH is 1. The predicted molar refractivity (Wildman–Crippen MR) is 206 cm³/mol. The highest BCUT2D eigenvalue weighted by molar-refractivity contribution is 6.33. The normalized spacial score (nSPS) is 33.0. The van der Waals surface area contributed by atoms with E-state index >= 15 is 9.59 Å². The fraction of sp³-hybridized carbons (Fsp3) is 0.535. The van der Waals surface area contributed by atoms with Crippen LogP contribution in [0.1, 0.15) is 121 Å². The second-order valence-electron chi connectivity index (χ2n) is 16.7. The third-order valence-corrected chi connectivity index (χ3v) is 12.6. The van der Waals surface area contributed by atoms with Gasteiger partial charge in [0.25, 0.3) is 0 Å². The molecule has 10 atom stereocenters. The number of benzene rings is 2.